The van der Waals surface area contributed by atoms with Gasteiger partial charge in [-0.25, -0.2) is 4.98 Å². The molecular formula is C41H26N3OP. The first-order chi connectivity index (χ1) is 22.7. The smallest absolute Gasteiger partial charge is 0.175 e. The molecule has 0 radical (unpaired) electrons. The molecular weight excluding hydrogens is 581 g/mol. The maximum Gasteiger partial charge on any atom is 0.175 e. The number of fused-ring (bicyclic) bond motifs is 4. The predicted molar refractivity (Wildman–Crippen MR) is 191 cm³/mol. The highest BCUT2D eigenvalue weighted by Crippen LogP contribution is 2.51. The van der Waals surface area contributed by atoms with Crippen LogP contribution in [0, 0.1) is 12.0 Å². The molecule has 5 heteroatoms. The van der Waals surface area contributed by atoms with Crippen LogP contribution in [0.15, 0.2) is 146 Å². The number of hydrogen-bond acceptors (Lipinski definition) is 3. The summed E-state index contributed by atoms with van der Waals surface area (Å²) in [6.07, 6.45) is 0. The maximum atomic E-state index is 15.4. The summed E-state index contributed by atoms with van der Waals surface area (Å²) >= 11 is 0. The van der Waals surface area contributed by atoms with Crippen molar-refractivity contribution in [2.75, 3.05) is 0 Å². The third-order valence-corrected chi connectivity index (χ3v) is 12.2. The fourth-order valence-electron chi connectivity index (χ4n) is 7.21. The summed E-state index contributed by atoms with van der Waals surface area (Å²) in [6, 6.07) is 51.9. The van der Waals surface area contributed by atoms with Crippen molar-refractivity contribution in [1.82, 2.24) is 9.55 Å². The number of hydrogen-bond donors (Lipinski definition) is 1. The van der Waals surface area contributed by atoms with Crippen molar-refractivity contribution in [3.63, 3.8) is 0 Å². The van der Waals surface area contributed by atoms with Crippen LogP contribution in [0.4, 0.5) is 0 Å². The summed E-state index contributed by atoms with van der Waals surface area (Å²) in [5.41, 5.74) is 12.3. The van der Waals surface area contributed by atoms with E-state index in [0.717, 1.165) is 82.3 Å². The average Bonchev–Trinajstić information content (AvgIpc) is 3.50. The highest BCUT2D eigenvalue weighted by atomic mass is 31.2. The van der Waals surface area contributed by atoms with Crippen molar-refractivity contribution in [1.29, 1.82) is 0 Å². The van der Waals surface area contributed by atoms with Gasteiger partial charge in [-0.05, 0) is 75.0 Å². The van der Waals surface area contributed by atoms with Gasteiger partial charge in [-0.3, -0.25) is 4.57 Å². The lowest BCUT2D eigenvalue weighted by Gasteiger charge is -2.29. The zero-order valence-corrected chi connectivity index (χ0v) is 25.6. The van der Waals surface area contributed by atoms with Gasteiger partial charge in [0.2, 0.25) is 0 Å². The Bertz CT molecular complexity index is 2570. The van der Waals surface area contributed by atoms with Gasteiger partial charge >= 0.3 is 0 Å². The second kappa shape index (κ2) is 10.1. The first kappa shape index (κ1) is 26.5. The van der Waals surface area contributed by atoms with E-state index in [1.165, 1.54) is 0 Å². The van der Waals surface area contributed by atoms with Gasteiger partial charge in [0.15, 0.2) is 7.14 Å². The van der Waals surface area contributed by atoms with Crippen molar-refractivity contribution in [3.8, 4) is 40.2 Å². The summed E-state index contributed by atoms with van der Waals surface area (Å²) in [5, 5.41) is 6.94. The zero-order valence-electron chi connectivity index (χ0n) is 24.7. The number of benzene rings is 7. The maximum absolute atomic E-state index is 15.4. The number of rotatable bonds is 3. The van der Waals surface area contributed by atoms with Gasteiger partial charge in [-0.15, -0.1) is 0 Å². The van der Waals surface area contributed by atoms with Crippen LogP contribution in [0.25, 0.3) is 60.8 Å². The molecule has 1 aromatic heterocycles. The van der Waals surface area contributed by atoms with Gasteiger partial charge in [0, 0.05) is 33.1 Å². The Morgan fingerprint density at radius 2 is 1.17 bits per heavy atom. The number of nitrogens with zero attached hydrogens (tertiary/aromatic N) is 2. The zero-order chi connectivity index (χ0) is 30.8. The van der Waals surface area contributed by atoms with Crippen LogP contribution in [-0.2, 0) is 4.57 Å². The summed E-state index contributed by atoms with van der Waals surface area (Å²) in [6.45, 7) is 0. The van der Waals surface area contributed by atoms with E-state index in [1.54, 1.807) is 0 Å². The largest absolute Gasteiger partial charge is 0.359 e. The SMILES string of the molecule is NC#Cc1ccc(-c2c3ccccc3c(-c3nc4cccc5c4n3-c3ccccc3P5(=O)c3ccccc3)c3ccccc23)cc1. The molecule has 0 amide bonds. The summed E-state index contributed by atoms with van der Waals surface area (Å²) in [4.78, 5) is 5.36. The standard InChI is InChI=1S/C41H26N3OP/c42-26-25-27-21-23-28(24-22-27)38-30-13-4-6-15-32(30)39(33-16-7-5-14-31(33)38)41-43-34-17-10-20-37-40(34)44(41)35-18-8-9-19-36(35)46(37,45)29-11-2-1-3-12-29/h1-24H,42H2. The van der Waals surface area contributed by atoms with Gasteiger partial charge in [0.25, 0.3) is 0 Å². The van der Waals surface area contributed by atoms with E-state index in [-0.39, 0.29) is 0 Å². The van der Waals surface area contributed by atoms with Crippen LogP contribution < -0.4 is 21.6 Å². The number of para-hydroxylation sites is 2. The molecule has 4 nitrogen and oxygen atoms in total. The minimum absolute atomic E-state index is 0.819. The molecule has 1 aliphatic heterocycles. The Hall–Kier alpha value is -5.88. The molecule has 9 rings (SSSR count). The fourth-order valence-corrected chi connectivity index (χ4v) is 10.2. The molecule has 0 spiro atoms. The van der Waals surface area contributed by atoms with Gasteiger partial charge in [-0.2, -0.15) is 0 Å². The monoisotopic (exact) mass is 607 g/mol. The lowest BCUT2D eigenvalue weighted by atomic mass is 9.88. The summed E-state index contributed by atoms with van der Waals surface area (Å²) < 4.78 is 17.7. The van der Waals surface area contributed by atoms with E-state index in [2.05, 4.69) is 83.3 Å². The first-order valence-electron chi connectivity index (χ1n) is 15.2. The molecule has 2 heterocycles. The van der Waals surface area contributed by atoms with Gasteiger partial charge < -0.3 is 10.3 Å². The van der Waals surface area contributed by atoms with Crippen LogP contribution in [0.1, 0.15) is 5.56 Å². The lowest BCUT2D eigenvalue weighted by Crippen LogP contribution is -2.32. The molecule has 0 fully saturated rings. The molecule has 0 bridgehead atoms. The lowest BCUT2D eigenvalue weighted by molar-refractivity contribution is 0.592. The fraction of sp³-hybridized carbons (Fsp3) is 0. The normalized spacial score (nSPS) is 15.0. The van der Waals surface area contributed by atoms with Gasteiger partial charge in [0.05, 0.1) is 16.7 Å². The Morgan fingerprint density at radius 3 is 1.85 bits per heavy atom. The van der Waals surface area contributed by atoms with E-state index in [1.807, 2.05) is 78.9 Å². The predicted octanol–water partition coefficient (Wildman–Crippen LogP) is 7.89. The highest BCUT2D eigenvalue weighted by Gasteiger charge is 2.40. The molecule has 1 aliphatic rings. The van der Waals surface area contributed by atoms with E-state index < -0.39 is 7.14 Å². The van der Waals surface area contributed by atoms with Crippen LogP contribution in [-0.4, -0.2) is 9.55 Å². The van der Waals surface area contributed by atoms with Crippen molar-refractivity contribution in [2.45, 2.75) is 0 Å². The van der Waals surface area contributed by atoms with Gasteiger partial charge in [-0.1, -0.05) is 109 Å². The summed E-state index contributed by atoms with van der Waals surface area (Å²) in [5.74, 6) is 3.78. The van der Waals surface area contributed by atoms with Crippen LogP contribution in [0.3, 0.4) is 0 Å². The Labute approximate surface area is 266 Å². The van der Waals surface area contributed by atoms with Crippen molar-refractivity contribution in [3.05, 3.63) is 151 Å². The van der Waals surface area contributed by atoms with Crippen molar-refractivity contribution in [2.24, 2.45) is 5.73 Å². The number of imidazole rings is 1. The third kappa shape index (κ3) is 3.64. The molecule has 8 aromatic rings. The molecule has 0 saturated heterocycles. The molecule has 216 valence electrons. The van der Waals surface area contributed by atoms with Crippen LogP contribution in [0.5, 0.6) is 0 Å². The summed E-state index contributed by atoms with van der Waals surface area (Å²) in [7, 11) is -3.17. The molecule has 46 heavy (non-hydrogen) atoms. The van der Waals surface area contributed by atoms with Crippen LogP contribution >= 0.6 is 7.14 Å². The topological polar surface area (TPSA) is 60.9 Å². The number of aromatic nitrogens is 2. The Kier molecular flexibility index (Phi) is 5.81. The molecule has 2 N–H and O–H groups in total. The van der Waals surface area contributed by atoms with E-state index in [4.69, 9.17) is 10.7 Å². The molecule has 1 unspecified atom stereocenters. The Balaban J connectivity index is 1.42. The number of nitrogens with two attached hydrogens (primary N) is 1. The highest BCUT2D eigenvalue weighted by molar-refractivity contribution is 7.86. The van der Waals surface area contributed by atoms with Crippen molar-refractivity contribution < 1.29 is 4.57 Å². The second-order valence-corrected chi connectivity index (χ2v) is 14.2. The van der Waals surface area contributed by atoms with Gasteiger partial charge in [0.1, 0.15) is 5.82 Å². The van der Waals surface area contributed by atoms with Crippen molar-refractivity contribution >= 4 is 55.6 Å². The molecule has 0 aliphatic carbocycles. The Morgan fingerprint density at radius 1 is 0.587 bits per heavy atom. The third-order valence-electron chi connectivity index (χ3n) is 9.12. The average molecular weight is 608 g/mol. The van der Waals surface area contributed by atoms with E-state index in [9.17, 15) is 0 Å². The van der Waals surface area contributed by atoms with E-state index >= 15 is 4.57 Å². The minimum Gasteiger partial charge on any atom is -0.359 e. The quantitative estimate of drug-likeness (QED) is 0.0962. The van der Waals surface area contributed by atoms with E-state index in [0.29, 0.717) is 0 Å². The minimum atomic E-state index is -3.17. The first-order valence-corrected chi connectivity index (χ1v) is 16.9. The van der Waals surface area contributed by atoms with Crippen LogP contribution in [0.2, 0.25) is 0 Å². The molecule has 7 aromatic carbocycles. The second-order valence-electron chi connectivity index (χ2n) is 11.5. The molecule has 0 saturated carbocycles. The molecule has 1 atom stereocenters.